The van der Waals surface area contributed by atoms with Crippen molar-refractivity contribution in [1.82, 2.24) is 5.43 Å². The molecule has 0 aromatic heterocycles. The Hall–Kier alpha value is -2.42. The van der Waals surface area contributed by atoms with Crippen LogP contribution in [0.5, 0.6) is 0 Å². The summed E-state index contributed by atoms with van der Waals surface area (Å²) in [5, 5.41) is 4.15. The first-order valence-electron chi connectivity index (χ1n) is 7.78. The Kier molecular flexibility index (Phi) is 4.99. The Balaban J connectivity index is 2.20. The van der Waals surface area contributed by atoms with Crippen molar-refractivity contribution in [1.29, 1.82) is 0 Å². The van der Waals surface area contributed by atoms with Crippen LogP contribution in [-0.2, 0) is 0 Å². The molecule has 3 heteroatoms. The molecule has 0 saturated carbocycles. The van der Waals surface area contributed by atoms with Crippen LogP contribution in [0.4, 0.5) is 0 Å². The standard InChI is InChI=1S/C20H24N2O/c1-12-7-14(3)18(15(4)8-12)11-21-22-20(23)19-16(5)9-13(2)10-17(19)6/h7-11H,1-6H3,(H,22,23). The molecule has 0 aliphatic carbocycles. The maximum Gasteiger partial charge on any atom is 0.271 e. The summed E-state index contributed by atoms with van der Waals surface area (Å²) in [5.41, 5.74) is 11.0. The van der Waals surface area contributed by atoms with E-state index in [0.29, 0.717) is 5.56 Å². The molecular formula is C20H24N2O. The zero-order chi connectivity index (χ0) is 17.1. The highest BCUT2D eigenvalue weighted by Crippen LogP contribution is 2.16. The summed E-state index contributed by atoms with van der Waals surface area (Å²) in [6.45, 7) is 12.1. The molecule has 3 nitrogen and oxygen atoms in total. The molecule has 0 atom stereocenters. The van der Waals surface area contributed by atoms with E-state index in [1.807, 2.05) is 32.9 Å². The molecule has 0 radical (unpaired) electrons. The summed E-state index contributed by atoms with van der Waals surface area (Å²) in [6.07, 6.45) is 1.72. The van der Waals surface area contributed by atoms with E-state index < -0.39 is 0 Å². The second kappa shape index (κ2) is 6.78. The molecule has 0 unspecified atom stereocenters. The molecule has 2 aromatic carbocycles. The van der Waals surface area contributed by atoms with E-state index in [-0.39, 0.29) is 5.91 Å². The number of rotatable bonds is 3. The second-order valence-corrected chi connectivity index (χ2v) is 6.29. The molecule has 120 valence electrons. The minimum absolute atomic E-state index is 0.168. The zero-order valence-corrected chi connectivity index (χ0v) is 14.7. The van der Waals surface area contributed by atoms with E-state index in [4.69, 9.17) is 0 Å². The summed E-state index contributed by atoms with van der Waals surface area (Å²) in [6, 6.07) is 8.26. The van der Waals surface area contributed by atoms with E-state index in [2.05, 4.69) is 43.4 Å². The summed E-state index contributed by atoms with van der Waals surface area (Å²) in [5.74, 6) is -0.168. The number of amides is 1. The molecule has 2 aromatic rings. The molecular weight excluding hydrogens is 284 g/mol. The van der Waals surface area contributed by atoms with Crippen molar-refractivity contribution in [2.75, 3.05) is 0 Å². The van der Waals surface area contributed by atoms with Crippen LogP contribution in [0, 0.1) is 41.5 Å². The van der Waals surface area contributed by atoms with Crippen LogP contribution in [0.2, 0.25) is 0 Å². The van der Waals surface area contributed by atoms with Gasteiger partial charge in [0.25, 0.3) is 5.91 Å². The molecule has 0 saturated heterocycles. The number of hydrogen-bond acceptors (Lipinski definition) is 2. The number of nitrogens with one attached hydrogen (secondary N) is 1. The predicted molar refractivity (Wildman–Crippen MR) is 96.4 cm³/mol. The highest BCUT2D eigenvalue weighted by molar-refractivity contribution is 5.97. The van der Waals surface area contributed by atoms with Gasteiger partial charge in [0.05, 0.1) is 6.21 Å². The average molecular weight is 308 g/mol. The maximum atomic E-state index is 12.4. The van der Waals surface area contributed by atoms with Crippen LogP contribution in [0.25, 0.3) is 0 Å². The molecule has 0 aliphatic heterocycles. The van der Waals surface area contributed by atoms with Gasteiger partial charge < -0.3 is 0 Å². The first-order valence-corrected chi connectivity index (χ1v) is 7.78. The van der Waals surface area contributed by atoms with Crippen LogP contribution in [0.1, 0.15) is 49.3 Å². The van der Waals surface area contributed by atoms with Crippen molar-refractivity contribution in [3.05, 3.63) is 68.8 Å². The van der Waals surface area contributed by atoms with Crippen LogP contribution in [0.15, 0.2) is 29.4 Å². The number of aryl methyl sites for hydroxylation is 6. The summed E-state index contributed by atoms with van der Waals surface area (Å²) < 4.78 is 0. The Morgan fingerprint density at radius 1 is 0.826 bits per heavy atom. The van der Waals surface area contributed by atoms with E-state index in [1.54, 1.807) is 6.21 Å². The lowest BCUT2D eigenvalue weighted by molar-refractivity contribution is 0.0954. The van der Waals surface area contributed by atoms with Gasteiger partial charge in [0.15, 0.2) is 0 Å². The van der Waals surface area contributed by atoms with E-state index >= 15 is 0 Å². The van der Waals surface area contributed by atoms with E-state index in [9.17, 15) is 4.79 Å². The number of nitrogens with zero attached hydrogens (tertiary/aromatic N) is 1. The molecule has 23 heavy (non-hydrogen) atoms. The van der Waals surface area contributed by atoms with Gasteiger partial charge in [0.1, 0.15) is 0 Å². The van der Waals surface area contributed by atoms with Gasteiger partial charge in [-0.25, -0.2) is 5.43 Å². The third-order valence-electron chi connectivity index (χ3n) is 4.00. The highest BCUT2D eigenvalue weighted by atomic mass is 16.2. The maximum absolute atomic E-state index is 12.4. The van der Waals surface area contributed by atoms with Gasteiger partial charge in [0, 0.05) is 11.1 Å². The normalized spacial score (nSPS) is 11.0. The number of benzene rings is 2. The molecule has 1 amide bonds. The van der Waals surface area contributed by atoms with Gasteiger partial charge in [-0.15, -0.1) is 0 Å². The largest absolute Gasteiger partial charge is 0.271 e. The minimum Gasteiger partial charge on any atom is -0.267 e. The lowest BCUT2D eigenvalue weighted by atomic mass is 9.99. The predicted octanol–water partition coefficient (Wildman–Crippen LogP) is 4.30. The summed E-state index contributed by atoms with van der Waals surface area (Å²) in [4.78, 5) is 12.4. The Bertz CT molecular complexity index is 742. The molecule has 0 spiro atoms. The molecule has 0 fully saturated rings. The van der Waals surface area contributed by atoms with Crippen LogP contribution in [0.3, 0.4) is 0 Å². The lowest BCUT2D eigenvalue weighted by Gasteiger charge is -2.10. The monoisotopic (exact) mass is 308 g/mol. The second-order valence-electron chi connectivity index (χ2n) is 6.29. The number of hydrazone groups is 1. The third-order valence-corrected chi connectivity index (χ3v) is 4.00. The minimum atomic E-state index is -0.168. The fraction of sp³-hybridized carbons (Fsp3) is 0.300. The summed E-state index contributed by atoms with van der Waals surface area (Å²) in [7, 11) is 0. The number of carbonyl (C=O) groups excluding carboxylic acids is 1. The molecule has 0 heterocycles. The Morgan fingerprint density at radius 3 is 1.74 bits per heavy atom. The molecule has 2 rings (SSSR count). The summed E-state index contributed by atoms with van der Waals surface area (Å²) >= 11 is 0. The van der Waals surface area contributed by atoms with Gasteiger partial charge in [-0.3, -0.25) is 4.79 Å². The van der Waals surface area contributed by atoms with Gasteiger partial charge in [0.2, 0.25) is 0 Å². The van der Waals surface area contributed by atoms with E-state index in [0.717, 1.165) is 33.4 Å². The van der Waals surface area contributed by atoms with Crippen LogP contribution in [-0.4, -0.2) is 12.1 Å². The van der Waals surface area contributed by atoms with Crippen molar-refractivity contribution in [2.45, 2.75) is 41.5 Å². The fourth-order valence-electron chi connectivity index (χ4n) is 3.14. The van der Waals surface area contributed by atoms with Crippen LogP contribution >= 0.6 is 0 Å². The lowest BCUT2D eigenvalue weighted by Crippen LogP contribution is -2.20. The van der Waals surface area contributed by atoms with E-state index in [1.165, 1.54) is 5.56 Å². The fourth-order valence-corrected chi connectivity index (χ4v) is 3.14. The Morgan fingerprint density at radius 2 is 1.26 bits per heavy atom. The molecule has 0 bridgehead atoms. The van der Waals surface area contributed by atoms with Crippen molar-refractivity contribution in [2.24, 2.45) is 5.10 Å². The SMILES string of the molecule is Cc1cc(C)c(C=NNC(=O)c2c(C)cc(C)cc2C)c(C)c1. The van der Waals surface area contributed by atoms with Crippen molar-refractivity contribution < 1.29 is 4.79 Å². The first-order chi connectivity index (χ1) is 10.8. The average Bonchev–Trinajstić information content (AvgIpc) is 2.40. The number of hydrogen-bond donors (Lipinski definition) is 1. The van der Waals surface area contributed by atoms with Gasteiger partial charge in [-0.1, -0.05) is 35.4 Å². The molecule has 1 N–H and O–H groups in total. The van der Waals surface area contributed by atoms with Gasteiger partial charge in [-0.05, 0) is 63.8 Å². The molecule has 0 aliphatic rings. The van der Waals surface area contributed by atoms with Crippen LogP contribution < -0.4 is 5.43 Å². The topological polar surface area (TPSA) is 41.5 Å². The van der Waals surface area contributed by atoms with Gasteiger partial charge in [-0.2, -0.15) is 5.10 Å². The van der Waals surface area contributed by atoms with Gasteiger partial charge >= 0.3 is 0 Å². The van der Waals surface area contributed by atoms with Crippen molar-refractivity contribution in [3.8, 4) is 0 Å². The number of carbonyl (C=O) groups is 1. The first kappa shape index (κ1) is 16.9. The zero-order valence-electron chi connectivity index (χ0n) is 14.7. The Labute approximate surface area is 138 Å². The van der Waals surface area contributed by atoms with Crippen molar-refractivity contribution in [3.63, 3.8) is 0 Å². The highest BCUT2D eigenvalue weighted by Gasteiger charge is 2.12. The quantitative estimate of drug-likeness (QED) is 0.666. The smallest absolute Gasteiger partial charge is 0.267 e. The third kappa shape index (κ3) is 3.86. The van der Waals surface area contributed by atoms with Crippen molar-refractivity contribution >= 4 is 12.1 Å².